The molecule has 1 fully saturated rings. The average molecular weight is 222 g/mol. The molecule has 1 saturated heterocycles. The number of primary amides is 1. The normalized spacial score (nSPS) is 15.6. The third-order valence-electron chi connectivity index (χ3n) is 2.60. The molecule has 16 heavy (non-hydrogen) atoms. The van der Waals surface area contributed by atoms with Gasteiger partial charge in [0.1, 0.15) is 5.82 Å². The fourth-order valence-corrected chi connectivity index (χ4v) is 1.79. The molecular formula is C11H11FN2O2. The molecule has 0 bridgehead atoms. The maximum absolute atomic E-state index is 13.4. The van der Waals surface area contributed by atoms with Crippen molar-refractivity contribution in [3.8, 4) is 0 Å². The average Bonchev–Trinajstić information content (AvgIpc) is 2.63. The molecule has 84 valence electrons. The summed E-state index contributed by atoms with van der Waals surface area (Å²) < 4.78 is 13.4. The molecule has 4 nitrogen and oxygen atoms in total. The van der Waals surface area contributed by atoms with Gasteiger partial charge in [-0.1, -0.05) is 0 Å². The van der Waals surface area contributed by atoms with Gasteiger partial charge in [-0.25, -0.2) is 4.39 Å². The summed E-state index contributed by atoms with van der Waals surface area (Å²) in [4.78, 5) is 23.7. The lowest BCUT2D eigenvalue weighted by Crippen LogP contribution is -2.24. The van der Waals surface area contributed by atoms with Crippen molar-refractivity contribution < 1.29 is 14.0 Å². The molecule has 0 atom stereocenters. The molecule has 2 N–H and O–H groups in total. The Morgan fingerprint density at radius 1 is 1.44 bits per heavy atom. The summed E-state index contributed by atoms with van der Waals surface area (Å²) in [6.45, 7) is 0.591. The van der Waals surface area contributed by atoms with Crippen LogP contribution in [0, 0.1) is 5.82 Å². The second-order valence-corrected chi connectivity index (χ2v) is 3.68. The lowest BCUT2D eigenvalue weighted by molar-refractivity contribution is -0.117. The van der Waals surface area contributed by atoms with Gasteiger partial charge in [0.25, 0.3) is 5.91 Å². The molecule has 0 spiro atoms. The molecule has 0 radical (unpaired) electrons. The Hall–Kier alpha value is -1.91. The van der Waals surface area contributed by atoms with Crippen LogP contribution in [-0.2, 0) is 4.79 Å². The zero-order valence-electron chi connectivity index (χ0n) is 8.57. The maximum atomic E-state index is 13.4. The Kier molecular flexibility index (Phi) is 2.60. The molecule has 0 aliphatic carbocycles. The van der Waals surface area contributed by atoms with E-state index < -0.39 is 11.7 Å². The third kappa shape index (κ3) is 1.76. The highest BCUT2D eigenvalue weighted by Gasteiger charge is 2.22. The third-order valence-corrected chi connectivity index (χ3v) is 2.60. The highest BCUT2D eigenvalue weighted by atomic mass is 19.1. The summed E-state index contributed by atoms with van der Waals surface area (Å²) in [7, 11) is 0. The second kappa shape index (κ2) is 3.92. The van der Waals surface area contributed by atoms with Gasteiger partial charge in [0.05, 0.1) is 5.56 Å². The Morgan fingerprint density at radius 3 is 2.69 bits per heavy atom. The smallest absolute Gasteiger partial charge is 0.251 e. The molecule has 1 heterocycles. The van der Waals surface area contributed by atoms with Crippen LogP contribution in [0.3, 0.4) is 0 Å². The molecule has 1 aromatic rings. The Labute approximate surface area is 91.8 Å². The van der Waals surface area contributed by atoms with Crippen LogP contribution in [0.25, 0.3) is 0 Å². The number of halogens is 1. The van der Waals surface area contributed by atoms with Crippen molar-refractivity contribution in [3.05, 3.63) is 29.6 Å². The Balaban J connectivity index is 2.34. The number of anilines is 1. The van der Waals surface area contributed by atoms with Crippen molar-refractivity contribution in [2.24, 2.45) is 5.73 Å². The minimum absolute atomic E-state index is 0.0220. The quantitative estimate of drug-likeness (QED) is 0.812. The van der Waals surface area contributed by atoms with Gasteiger partial charge < -0.3 is 10.6 Å². The van der Waals surface area contributed by atoms with E-state index in [2.05, 4.69) is 0 Å². The molecule has 2 rings (SSSR count). The minimum Gasteiger partial charge on any atom is -0.366 e. The topological polar surface area (TPSA) is 63.4 Å². The van der Waals surface area contributed by atoms with Crippen LogP contribution in [0.4, 0.5) is 10.1 Å². The minimum atomic E-state index is -0.809. The number of amides is 2. The fourth-order valence-electron chi connectivity index (χ4n) is 1.79. The molecule has 1 aliphatic rings. The van der Waals surface area contributed by atoms with Crippen LogP contribution < -0.4 is 10.6 Å². The molecule has 0 saturated carbocycles. The van der Waals surface area contributed by atoms with Gasteiger partial charge in [-0.05, 0) is 24.6 Å². The van der Waals surface area contributed by atoms with Gasteiger partial charge in [0, 0.05) is 18.7 Å². The molecule has 5 heteroatoms. The number of carbonyl (C=O) groups excluding carboxylic acids is 2. The van der Waals surface area contributed by atoms with E-state index in [9.17, 15) is 14.0 Å². The van der Waals surface area contributed by atoms with E-state index in [-0.39, 0.29) is 11.5 Å². The summed E-state index contributed by atoms with van der Waals surface area (Å²) >= 11 is 0. The Morgan fingerprint density at radius 2 is 2.19 bits per heavy atom. The summed E-state index contributed by atoms with van der Waals surface area (Å²) in [6, 6.07) is 4.01. The summed E-state index contributed by atoms with van der Waals surface area (Å²) in [6.07, 6.45) is 1.26. The van der Waals surface area contributed by atoms with Crippen LogP contribution in [0.1, 0.15) is 23.2 Å². The van der Waals surface area contributed by atoms with Crippen LogP contribution in [0.5, 0.6) is 0 Å². The van der Waals surface area contributed by atoms with Crippen LogP contribution in [0.2, 0.25) is 0 Å². The predicted molar refractivity (Wildman–Crippen MR) is 56.5 cm³/mol. The molecule has 2 amide bonds. The van der Waals surface area contributed by atoms with Crippen molar-refractivity contribution in [1.82, 2.24) is 0 Å². The van der Waals surface area contributed by atoms with E-state index in [0.717, 1.165) is 6.42 Å². The van der Waals surface area contributed by atoms with Crippen molar-refractivity contribution in [2.45, 2.75) is 12.8 Å². The van der Waals surface area contributed by atoms with Crippen molar-refractivity contribution in [3.63, 3.8) is 0 Å². The number of hydrogen-bond donors (Lipinski definition) is 1. The number of hydrogen-bond acceptors (Lipinski definition) is 2. The highest BCUT2D eigenvalue weighted by molar-refractivity contribution is 5.97. The Bertz CT molecular complexity index is 459. The van der Waals surface area contributed by atoms with Crippen LogP contribution in [0.15, 0.2) is 18.2 Å². The van der Waals surface area contributed by atoms with Crippen LogP contribution in [-0.4, -0.2) is 18.4 Å². The number of nitrogens with zero attached hydrogens (tertiary/aromatic N) is 1. The lowest BCUT2D eigenvalue weighted by atomic mass is 10.1. The summed E-state index contributed by atoms with van der Waals surface area (Å²) in [5.74, 6) is -1.52. The molecule has 0 unspecified atom stereocenters. The van der Waals surface area contributed by atoms with Gasteiger partial charge >= 0.3 is 0 Å². The zero-order valence-corrected chi connectivity index (χ0v) is 8.57. The molecule has 0 aromatic heterocycles. The van der Waals surface area contributed by atoms with E-state index in [1.54, 1.807) is 0 Å². The largest absolute Gasteiger partial charge is 0.366 e. The number of nitrogens with two attached hydrogens (primary N) is 1. The van der Waals surface area contributed by atoms with Crippen molar-refractivity contribution in [2.75, 3.05) is 11.4 Å². The number of carbonyl (C=O) groups is 2. The lowest BCUT2D eigenvalue weighted by Gasteiger charge is -2.15. The van der Waals surface area contributed by atoms with Gasteiger partial charge in [-0.15, -0.1) is 0 Å². The number of benzene rings is 1. The maximum Gasteiger partial charge on any atom is 0.251 e. The fraction of sp³-hybridized carbons (Fsp3) is 0.273. The van der Waals surface area contributed by atoms with Gasteiger partial charge in [0.15, 0.2) is 0 Å². The monoisotopic (exact) mass is 222 g/mol. The predicted octanol–water partition coefficient (Wildman–Crippen LogP) is 1.05. The highest BCUT2D eigenvalue weighted by Crippen LogP contribution is 2.23. The van der Waals surface area contributed by atoms with Gasteiger partial charge in [-0.3, -0.25) is 9.59 Å². The van der Waals surface area contributed by atoms with Crippen molar-refractivity contribution in [1.29, 1.82) is 0 Å². The molecule has 1 aromatic carbocycles. The first-order chi connectivity index (χ1) is 7.59. The first-order valence-electron chi connectivity index (χ1n) is 4.99. The first kappa shape index (κ1) is 10.6. The van der Waals surface area contributed by atoms with E-state index in [4.69, 9.17) is 5.73 Å². The first-order valence-corrected chi connectivity index (χ1v) is 4.99. The second-order valence-electron chi connectivity index (χ2n) is 3.68. The summed E-state index contributed by atoms with van der Waals surface area (Å²) in [5, 5.41) is 0. The van der Waals surface area contributed by atoms with Gasteiger partial charge in [0.2, 0.25) is 5.91 Å². The molecule has 1 aliphatic heterocycles. The van der Waals surface area contributed by atoms with E-state index in [1.807, 2.05) is 0 Å². The van der Waals surface area contributed by atoms with E-state index >= 15 is 0 Å². The van der Waals surface area contributed by atoms with E-state index in [1.165, 1.54) is 23.1 Å². The SMILES string of the molecule is NC(=O)c1ccc(N2CCCC2=O)cc1F. The van der Waals surface area contributed by atoms with Crippen molar-refractivity contribution >= 4 is 17.5 Å². The van der Waals surface area contributed by atoms with Gasteiger partial charge in [-0.2, -0.15) is 0 Å². The number of rotatable bonds is 2. The van der Waals surface area contributed by atoms with E-state index in [0.29, 0.717) is 18.7 Å². The zero-order chi connectivity index (χ0) is 11.7. The molecular weight excluding hydrogens is 211 g/mol. The van der Waals surface area contributed by atoms with Crippen LogP contribution >= 0.6 is 0 Å². The standard InChI is InChI=1S/C11H11FN2O2/c12-9-6-7(3-4-8(9)11(13)16)14-5-1-2-10(14)15/h3-4,6H,1-2,5H2,(H2,13,16). The summed E-state index contributed by atoms with van der Waals surface area (Å²) in [5.41, 5.74) is 5.31.